The lowest BCUT2D eigenvalue weighted by molar-refractivity contribution is -0.145. The third-order valence-corrected chi connectivity index (χ3v) is 5.01. The molecular formula is C21H31N3O3. The van der Waals surface area contributed by atoms with Gasteiger partial charge in [0, 0.05) is 25.2 Å². The molecule has 3 amide bonds. The lowest BCUT2D eigenvalue weighted by Gasteiger charge is -2.29. The van der Waals surface area contributed by atoms with Crippen molar-refractivity contribution in [3.8, 4) is 0 Å². The molecule has 0 radical (unpaired) electrons. The summed E-state index contributed by atoms with van der Waals surface area (Å²) >= 11 is 0. The molecule has 1 atom stereocenters. The number of hydrogen-bond donors (Lipinski definition) is 1. The number of rotatable bonds is 5. The molecule has 0 aliphatic carbocycles. The van der Waals surface area contributed by atoms with Gasteiger partial charge in [0.25, 0.3) is 0 Å². The molecule has 1 aliphatic rings. The third-order valence-electron chi connectivity index (χ3n) is 5.01. The summed E-state index contributed by atoms with van der Waals surface area (Å²) in [6, 6.07) is 3.58. The van der Waals surface area contributed by atoms with Gasteiger partial charge >= 0.3 is 0 Å². The fraction of sp³-hybridized carbons (Fsp3) is 0.571. The zero-order chi connectivity index (χ0) is 20.3. The molecule has 1 saturated heterocycles. The number of nitrogens with zero attached hydrogens (tertiary/aromatic N) is 2. The van der Waals surface area contributed by atoms with Gasteiger partial charge in [-0.15, -0.1) is 0 Å². The summed E-state index contributed by atoms with van der Waals surface area (Å²) in [7, 11) is 1.62. The highest BCUT2D eigenvalue weighted by molar-refractivity contribution is 5.97. The predicted octanol–water partition coefficient (Wildman–Crippen LogP) is 2.66. The van der Waals surface area contributed by atoms with E-state index in [0.29, 0.717) is 13.0 Å². The van der Waals surface area contributed by atoms with Crippen molar-refractivity contribution in [2.45, 2.75) is 53.5 Å². The van der Waals surface area contributed by atoms with Crippen molar-refractivity contribution in [1.82, 2.24) is 9.80 Å². The first kappa shape index (κ1) is 20.9. The SMILES string of the molecule is Cc1cc(C)c(NC(=O)CN(C)C(=O)C2CCCN2C(=O)C(C)C)c(C)c1. The van der Waals surface area contributed by atoms with Crippen LogP contribution in [0.25, 0.3) is 0 Å². The topological polar surface area (TPSA) is 69.7 Å². The zero-order valence-corrected chi connectivity index (χ0v) is 17.3. The van der Waals surface area contributed by atoms with Crippen molar-refractivity contribution in [1.29, 1.82) is 0 Å². The first-order valence-electron chi connectivity index (χ1n) is 9.55. The molecular weight excluding hydrogens is 342 g/mol. The minimum Gasteiger partial charge on any atom is -0.335 e. The Morgan fingerprint density at radius 2 is 1.78 bits per heavy atom. The Kier molecular flexibility index (Phi) is 6.63. The van der Waals surface area contributed by atoms with Gasteiger partial charge in [-0.1, -0.05) is 31.5 Å². The number of amides is 3. The van der Waals surface area contributed by atoms with Gasteiger partial charge in [0.2, 0.25) is 17.7 Å². The summed E-state index contributed by atoms with van der Waals surface area (Å²) in [5, 5.41) is 2.92. The van der Waals surface area contributed by atoms with Gasteiger partial charge in [0.15, 0.2) is 0 Å². The molecule has 1 N–H and O–H groups in total. The molecule has 6 nitrogen and oxygen atoms in total. The zero-order valence-electron chi connectivity index (χ0n) is 17.3. The van der Waals surface area contributed by atoms with E-state index in [-0.39, 0.29) is 30.2 Å². The highest BCUT2D eigenvalue weighted by Gasteiger charge is 2.36. The average Bonchev–Trinajstić information content (AvgIpc) is 3.05. The Bertz CT molecular complexity index is 719. The van der Waals surface area contributed by atoms with Crippen molar-refractivity contribution in [3.63, 3.8) is 0 Å². The number of anilines is 1. The van der Waals surface area contributed by atoms with Crippen LogP contribution >= 0.6 is 0 Å². The first-order valence-corrected chi connectivity index (χ1v) is 9.55. The smallest absolute Gasteiger partial charge is 0.245 e. The van der Waals surface area contributed by atoms with Gasteiger partial charge in [0.05, 0.1) is 6.54 Å². The van der Waals surface area contributed by atoms with Crippen LogP contribution < -0.4 is 5.32 Å². The van der Waals surface area contributed by atoms with E-state index in [1.165, 1.54) is 4.90 Å². The number of likely N-dealkylation sites (tertiary alicyclic amines) is 1. The monoisotopic (exact) mass is 373 g/mol. The van der Waals surface area contributed by atoms with E-state index in [1.54, 1.807) is 11.9 Å². The minimum atomic E-state index is -0.458. The van der Waals surface area contributed by atoms with Crippen LogP contribution in [-0.2, 0) is 14.4 Å². The van der Waals surface area contributed by atoms with Crippen LogP contribution in [0.3, 0.4) is 0 Å². The first-order chi connectivity index (χ1) is 12.6. The standard InChI is InChI=1S/C21H31N3O3/c1-13(2)20(26)24-9-7-8-17(24)21(27)23(6)12-18(25)22-19-15(4)10-14(3)11-16(19)5/h10-11,13,17H,7-9,12H2,1-6H3,(H,22,25). The Morgan fingerprint density at radius 3 is 2.33 bits per heavy atom. The Hall–Kier alpha value is -2.37. The van der Waals surface area contributed by atoms with Crippen LogP contribution in [0, 0.1) is 26.7 Å². The molecule has 1 aromatic carbocycles. The van der Waals surface area contributed by atoms with Gasteiger partial charge in [-0.05, 0) is 44.7 Å². The summed E-state index contributed by atoms with van der Waals surface area (Å²) < 4.78 is 0. The second kappa shape index (κ2) is 8.55. The maximum absolute atomic E-state index is 12.8. The summed E-state index contributed by atoms with van der Waals surface area (Å²) in [5.41, 5.74) is 3.94. The third kappa shape index (κ3) is 4.87. The Labute approximate surface area is 161 Å². The normalized spacial score (nSPS) is 16.6. The van der Waals surface area contributed by atoms with Crippen LogP contribution in [-0.4, -0.2) is 53.7 Å². The average molecular weight is 373 g/mol. The van der Waals surface area contributed by atoms with Gasteiger partial charge in [-0.3, -0.25) is 14.4 Å². The van der Waals surface area contributed by atoms with Crippen LogP contribution in [0.15, 0.2) is 12.1 Å². The van der Waals surface area contributed by atoms with Gasteiger partial charge in [-0.25, -0.2) is 0 Å². The summed E-state index contributed by atoms with van der Waals surface area (Å²) in [5.74, 6) is -0.552. The predicted molar refractivity (Wildman–Crippen MR) is 106 cm³/mol. The van der Waals surface area contributed by atoms with Gasteiger partial charge in [-0.2, -0.15) is 0 Å². The molecule has 1 heterocycles. The fourth-order valence-corrected chi connectivity index (χ4v) is 3.72. The highest BCUT2D eigenvalue weighted by Crippen LogP contribution is 2.23. The molecule has 1 aromatic rings. The number of carbonyl (C=O) groups is 3. The fourth-order valence-electron chi connectivity index (χ4n) is 3.72. The number of likely N-dealkylation sites (N-methyl/N-ethyl adjacent to an activating group) is 1. The summed E-state index contributed by atoms with van der Waals surface area (Å²) in [6.07, 6.45) is 1.47. The molecule has 148 valence electrons. The molecule has 0 aromatic heterocycles. The quantitative estimate of drug-likeness (QED) is 0.863. The molecule has 0 spiro atoms. The number of carbonyl (C=O) groups excluding carboxylic acids is 3. The molecule has 1 unspecified atom stereocenters. The highest BCUT2D eigenvalue weighted by atomic mass is 16.2. The van der Waals surface area contributed by atoms with E-state index < -0.39 is 6.04 Å². The van der Waals surface area contributed by atoms with E-state index in [2.05, 4.69) is 5.32 Å². The van der Waals surface area contributed by atoms with Crippen molar-refractivity contribution in [2.75, 3.05) is 25.5 Å². The lowest BCUT2D eigenvalue weighted by Crippen LogP contribution is -2.49. The molecule has 6 heteroatoms. The summed E-state index contributed by atoms with van der Waals surface area (Å²) in [6.45, 7) is 10.2. The van der Waals surface area contributed by atoms with E-state index in [4.69, 9.17) is 0 Å². The molecule has 2 rings (SSSR count). The van der Waals surface area contributed by atoms with E-state index >= 15 is 0 Å². The maximum atomic E-state index is 12.8. The Morgan fingerprint density at radius 1 is 1.19 bits per heavy atom. The number of nitrogens with one attached hydrogen (secondary N) is 1. The Balaban J connectivity index is 2.02. The van der Waals surface area contributed by atoms with Gasteiger partial charge < -0.3 is 15.1 Å². The van der Waals surface area contributed by atoms with Crippen molar-refractivity contribution in [2.24, 2.45) is 5.92 Å². The molecule has 0 bridgehead atoms. The van der Waals surface area contributed by atoms with E-state index in [1.807, 2.05) is 46.8 Å². The lowest BCUT2D eigenvalue weighted by atomic mass is 10.1. The van der Waals surface area contributed by atoms with Crippen molar-refractivity contribution < 1.29 is 14.4 Å². The van der Waals surface area contributed by atoms with Crippen molar-refractivity contribution in [3.05, 3.63) is 28.8 Å². The molecule has 27 heavy (non-hydrogen) atoms. The molecule has 0 saturated carbocycles. The second-order valence-electron chi connectivity index (χ2n) is 7.86. The molecule has 1 fully saturated rings. The van der Waals surface area contributed by atoms with Gasteiger partial charge in [0.1, 0.15) is 6.04 Å². The number of aryl methyl sites for hydroxylation is 3. The van der Waals surface area contributed by atoms with E-state index in [9.17, 15) is 14.4 Å². The largest absolute Gasteiger partial charge is 0.335 e. The number of benzene rings is 1. The van der Waals surface area contributed by atoms with Crippen LogP contribution in [0.1, 0.15) is 43.4 Å². The minimum absolute atomic E-state index is 0.00499. The second-order valence-corrected chi connectivity index (χ2v) is 7.86. The van der Waals surface area contributed by atoms with Crippen LogP contribution in [0.2, 0.25) is 0 Å². The van der Waals surface area contributed by atoms with E-state index in [0.717, 1.165) is 28.8 Å². The number of hydrogen-bond acceptors (Lipinski definition) is 3. The maximum Gasteiger partial charge on any atom is 0.245 e. The van der Waals surface area contributed by atoms with Crippen molar-refractivity contribution >= 4 is 23.4 Å². The van der Waals surface area contributed by atoms with Crippen LogP contribution in [0.4, 0.5) is 5.69 Å². The summed E-state index contributed by atoms with van der Waals surface area (Å²) in [4.78, 5) is 40.7. The van der Waals surface area contributed by atoms with Crippen LogP contribution in [0.5, 0.6) is 0 Å². The molecule has 1 aliphatic heterocycles.